The summed E-state index contributed by atoms with van der Waals surface area (Å²) in [5.74, 6) is 1.11. The Bertz CT molecular complexity index is 642. The number of anilines is 1. The van der Waals surface area contributed by atoms with E-state index in [0.717, 1.165) is 27.9 Å². The number of hydrogen-bond donors (Lipinski definition) is 1. The number of thioether (sulfide) groups is 1. The quantitative estimate of drug-likeness (QED) is 0.732. The molecule has 1 unspecified atom stereocenters. The van der Waals surface area contributed by atoms with E-state index in [1.165, 1.54) is 16.0 Å². The molecular formula is C16H15Cl2NS. The summed E-state index contributed by atoms with van der Waals surface area (Å²) in [5.41, 5.74) is 3.47. The van der Waals surface area contributed by atoms with Gasteiger partial charge in [0, 0.05) is 15.7 Å². The molecule has 1 nitrogen and oxygen atoms in total. The predicted molar refractivity (Wildman–Crippen MR) is 89.3 cm³/mol. The Balaban J connectivity index is 1.93. The number of fused-ring (bicyclic) bond motifs is 1. The SMILES string of the molecule is Cc1ccc(Cl)c(NC2CCSc3ccc(Cl)cc32)c1. The van der Waals surface area contributed by atoms with Crippen LogP contribution in [-0.4, -0.2) is 5.75 Å². The van der Waals surface area contributed by atoms with Gasteiger partial charge in [-0.15, -0.1) is 11.8 Å². The van der Waals surface area contributed by atoms with Crippen LogP contribution in [-0.2, 0) is 0 Å². The molecule has 4 heteroatoms. The van der Waals surface area contributed by atoms with Crippen molar-refractivity contribution in [2.24, 2.45) is 0 Å². The van der Waals surface area contributed by atoms with Crippen LogP contribution in [0.25, 0.3) is 0 Å². The first kappa shape index (κ1) is 14.1. The maximum absolute atomic E-state index is 6.28. The van der Waals surface area contributed by atoms with E-state index in [1.807, 2.05) is 30.0 Å². The lowest BCUT2D eigenvalue weighted by Gasteiger charge is -2.27. The molecule has 1 atom stereocenters. The van der Waals surface area contributed by atoms with Crippen LogP contribution in [0.2, 0.25) is 10.0 Å². The monoisotopic (exact) mass is 323 g/mol. The largest absolute Gasteiger partial charge is 0.377 e. The second-order valence-corrected chi connectivity index (χ2v) is 6.98. The Morgan fingerprint density at radius 1 is 1.15 bits per heavy atom. The molecule has 2 aromatic rings. The minimum absolute atomic E-state index is 0.268. The van der Waals surface area contributed by atoms with Crippen molar-refractivity contribution in [2.75, 3.05) is 11.1 Å². The summed E-state index contributed by atoms with van der Waals surface area (Å²) in [5, 5.41) is 5.12. The number of aryl methyl sites for hydroxylation is 1. The van der Waals surface area contributed by atoms with E-state index in [0.29, 0.717) is 0 Å². The van der Waals surface area contributed by atoms with Crippen molar-refractivity contribution < 1.29 is 0 Å². The van der Waals surface area contributed by atoms with E-state index in [2.05, 4.69) is 30.4 Å². The molecule has 0 amide bonds. The Labute approximate surface area is 133 Å². The van der Waals surface area contributed by atoms with Gasteiger partial charge in [0.15, 0.2) is 0 Å². The van der Waals surface area contributed by atoms with E-state index >= 15 is 0 Å². The summed E-state index contributed by atoms with van der Waals surface area (Å²) < 4.78 is 0. The summed E-state index contributed by atoms with van der Waals surface area (Å²) in [6.45, 7) is 2.07. The lowest BCUT2D eigenvalue weighted by Crippen LogP contribution is -2.16. The molecule has 104 valence electrons. The smallest absolute Gasteiger partial charge is 0.0637 e. The van der Waals surface area contributed by atoms with Gasteiger partial charge >= 0.3 is 0 Å². The standard InChI is InChI=1S/C16H15Cl2NS/c1-10-2-4-13(18)15(8-10)19-14-6-7-20-16-5-3-11(17)9-12(14)16/h2-5,8-9,14,19H,6-7H2,1H3. The molecule has 1 aliphatic heterocycles. The van der Waals surface area contributed by atoms with Crippen LogP contribution in [0.4, 0.5) is 5.69 Å². The minimum atomic E-state index is 0.268. The molecule has 2 aromatic carbocycles. The van der Waals surface area contributed by atoms with Gasteiger partial charge in [0.25, 0.3) is 0 Å². The van der Waals surface area contributed by atoms with E-state index in [-0.39, 0.29) is 6.04 Å². The number of hydrogen-bond acceptors (Lipinski definition) is 2. The van der Waals surface area contributed by atoms with E-state index in [1.54, 1.807) is 0 Å². The average Bonchev–Trinajstić information content (AvgIpc) is 2.43. The van der Waals surface area contributed by atoms with Gasteiger partial charge in [-0.1, -0.05) is 29.3 Å². The third kappa shape index (κ3) is 2.93. The van der Waals surface area contributed by atoms with Gasteiger partial charge < -0.3 is 5.32 Å². The van der Waals surface area contributed by atoms with Gasteiger partial charge in [0.2, 0.25) is 0 Å². The zero-order chi connectivity index (χ0) is 14.1. The zero-order valence-corrected chi connectivity index (χ0v) is 13.4. The molecule has 0 bridgehead atoms. The van der Waals surface area contributed by atoms with Crippen LogP contribution in [0.5, 0.6) is 0 Å². The highest BCUT2D eigenvalue weighted by molar-refractivity contribution is 7.99. The van der Waals surface area contributed by atoms with Gasteiger partial charge in [-0.25, -0.2) is 0 Å². The second-order valence-electron chi connectivity index (χ2n) is 5.00. The number of nitrogens with one attached hydrogen (secondary N) is 1. The lowest BCUT2D eigenvalue weighted by molar-refractivity contribution is 0.728. The van der Waals surface area contributed by atoms with Gasteiger partial charge in [0.05, 0.1) is 16.8 Å². The van der Waals surface area contributed by atoms with Gasteiger partial charge in [-0.05, 0) is 54.8 Å². The van der Waals surface area contributed by atoms with Gasteiger partial charge in [0.1, 0.15) is 0 Å². The first-order valence-electron chi connectivity index (χ1n) is 6.58. The van der Waals surface area contributed by atoms with Crippen molar-refractivity contribution in [2.45, 2.75) is 24.3 Å². The third-order valence-electron chi connectivity index (χ3n) is 3.46. The Hall–Kier alpha value is -0.830. The molecular weight excluding hydrogens is 309 g/mol. The van der Waals surface area contributed by atoms with Gasteiger partial charge in [-0.2, -0.15) is 0 Å². The van der Waals surface area contributed by atoms with Crippen LogP contribution in [0.3, 0.4) is 0 Å². The molecule has 0 aliphatic carbocycles. The average molecular weight is 324 g/mol. The normalized spacial score (nSPS) is 17.6. The molecule has 1 heterocycles. The summed E-state index contributed by atoms with van der Waals surface area (Å²) in [6, 6.07) is 12.4. The fourth-order valence-corrected chi connectivity index (χ4v) is 3.91. The Kier molecular flexibility index (Phi) is 4.16. The Morgan fingerprint density at radius 2 is 2.00 bits per heavy atom. The summed E-state index contributed by atoms with van der Waals surface area (Å²) in [7, 11) is 0. The Morgan fingerprint density at radius 3 is 2.85 bits per heavy atom. The maximum Gasteiger partial charge on any atom is 0.0637 e. The minimum Gasteiger partial charge on any atom is -0.377 e. The predicted octanol–water partition coefficient (Wildman–Crippen LogP) is 5.95. The van der Waals surface area contributed by atoms with Crippen molar-refractivity contribution in [1.82, 2.24) is 0 Å². The molecule has 20 heavy (non-hydrogen) atoms. The molecule has 0 aromatic heterocycles. The highest BCUT2D eigenvalue weighted by Gasteiger charge is 2.21. The van der Waals surface area contributed by atoms with Crippen LogP contribution < -0.4 is 5.32 Å². The number of benzene rings is 2. The topological polar surface area (TPSA) is 12.0 Å². The van der Waals surface area contributed by atoms with Crippen LogP contribution >= 0.6 is 35.0 Å². The lowest BCUT2D eigenvalue weighted by atomic mass is 10.0. The molecule has 0 saturated heterocycles. The second kappa shape index (κ2) is 5.88. The van der Waals surface area contributed by atoms with Crippen LogP contribution in [0, 0.1) is 6.92 Å². The molecule has 0 saturated carbocycles. The van der Waals surface area contributed by atoms with Crippen molar-refractivity contribution in [1.29, 1.82) is 0 Å². The summed E-state index contributed by atoms with van der Waals surface area (Å²) in [6.07, 6.45) is 1.07. The number of rotatable bonds is 2. The van der Waals surface area contributed by atoms with Crippen molar-refractivity contribution in [3.05, 3.63) is 57.6 Å². The molecule has 3 rings (SSSR count). The summed E-state index contributed by atoms with van der Waals surface area (Å²) >= 11 is 14.3. The van der Waals surface area contributed by atoms with Crippen LogP contribution in [0.15, 0.2) is 41.3 Å². The molecule has 0 radical (unpaired) electrons. The first-order chi connectivity index (χ1) is 9.63. The molecule has 0 fully saturated rings. The van der Waals surface area contributed by atoms with Crippen molar-refractivity contribution >= 4 is 40.7 Å². The number of halogens is 2. The fraction of sp³-hybridized carbons (Fsp3) is 0.250. The van der Waals surface area contributed by atoms with E-state index in [4.69, 9.17) is 23.2 Å². The fourth-order valence-electron chi connectivity index (χ4n) is 2.45. The van der Waals surface area contributed by atoms with Crippen molar-refractivity contribution in [3.63, 3.8) is 0 Å². The highest BCUT2D eigenvalue weighted by Crippen LogP contribution is 2.40. The van der Waals surface area contributed by atoms with E-state index in [9.17, 15) is 0 Å². The van der Waals surface area contributed by atoms with E-state index < -0.39 is 0 Å². The molecule has 0 spiro atoms. The highest BCUT2D eigenvalue weighted by atomic mass is 35.5. The van der Waals surface area contributed by atoms with Crippen LogP contribution in [0.1, 0.15) is 23.6 Å². The zero-order valence-electron chi connectivity index (χ0n) is 11.1. The van der Waals surface area contributed by atoms with Crippen molar-refractivity contribution in [3.8, 4) is 0 Å². The van der Waals surface area contributed by atoms with Gasteiger partial charge in [-0.3, -0.25) is 0 Å². The maximum atomic E-state index is 6.28. The first-order valence-corrected chi connectivity index (χ1v) is 8.32. The molecule has 1 N–H and O–H groups in total. The molecule has 1 aliphatic rings. The third-order valence-corrected chi connectivity index (χ3v) is 5.15. The summed E-state index contributed by atoms with van der Waals surface area (Å²) in [4.78, 5) is 1.31.